The van der Waals surface area contributed by atoms with Gasteiger partial charge in [0.15, 0.2) is 0 Å². The van der Waals surface area contributed by atoms with Crippen LogP contribution < -0.4 is 15.8 Å². The maximum atomic E-state index is 11.7. The van der Waals surface area contributed by atoms with Crippen LogP contribution in [0.15, 0.2) is 69.5 Å². The molecular formula is C20H25N7O3S. The molecule has 0 aliphatic carbocycles. The summed E-state index contributed by atoms with van der Waals surface area (Å²) in [6, 6.07) is 6.30. The molecule has 0 saturated carbocycles. The van der Waals surface area contributed by atoms with E-state index in [2.05, 4.69) is 15.5 Å². The van der Waals surface area contributed by atoms with Gasteiger partial charge >= 0.3 is 0 Å². The molecule has 4 rings (SSSR count). The first kappa shape index (κ1) is 21.1. The zero-order valence-electron chi connectivity index (χ0n) is 17.1. The number of anilines is 1. The van der Waals surface area contributed by atoms with Crippen LogP contribution >= 0.6 is 0 Å². The average molecular weight is 444 g/mol. The van der Waals surface area contributed by atoms with Crippen LogP contribution in [-0.2, 0) is 14.8 Å². The summed E-state index contributed by atoms with van der Waals surface area (Å²) in [6.07, 6.45) is 5.54. The van der Waals surface area contributed by atoms with Crippen molar-refractivity contribution in [1.29, 1.82) is 5.41 Å². The SMILES string of the molecule is CN1CC(=C2C=C(Nc3cccc(S(N)(=O)=O)c3)N=C(N3CCOCC3)N2)C=CC1=N. The number of amidine groups is 1. The summed E-state index contributed by atoms with van der Waals surface area (Å²) in [5.74, 6) is 1.70. The highest BCUT2D eigenvalue weighted by atomic mass is 32.2. The molecule has 5 N–H and O–H groups in total. The number of morpholine rings is 1. The Morgan fingerprint density at radius 3 is 2.74 bits per heavy atom. The molecule has 0 aromatic heterocycles. The first-order chi connectivity index (χ1) is 14.8. The van der Waals surface area contributed by atoms with Crippen LogP contribution in [0.5, 0.6) is 0 Å². The molecule has 0 amide bonds. The fraction of sp³-hybridized carbons (Fsp3) is 0.300. The maximum Gasteiger partial charge on any atom is 0.238 e. The number of allylic oxidation sites excluding steroid dienone is 1. The second kappa shape index (κ2) is 8.53. The van der Waals surface area contributed by atoms with Gasteiger partial charge in [0.2, 0.25) is 16.0 Å². The lowest BCUT2D eigenvalue weighted by molar-refractivity contribution is 0.0667. The smallest absolute Gasteiger partial charge is 0.238 e. The van der Waals surface area contributed by atoms with Crippen molar-refractivity contribution in [3.8, 4) is 0 Å². The lowest BCUT2D eigenvalue weighted by Crippen LogP contribution is -2.48. The standard InChI is InChI=1S/C20H25N7O3S/c1-26-13-14(5-6-18(26)21)17-12-19(25-20(24-17)27-7-9-30-10-8-27)23-15-3-2-4-16(11-15)31(22,28)29/h2-6,11-12,21,23H,7-10,13H2,1H3,(H,24,25)(H2,22,28,29). The molecule has 0 unspecified atom stereocenters. The van der Waals surface area contributed by atoms with Gasteiger partial charge in [-0.2, -0.15) is 4.99 Å². The van der Waals surface area contributed by atoms with Gasteiger partial charge < -0.3 is 25.2 Å². The normalized spacial score (nSPS) is 22.1. The predicted molar refractivity (Wildman–Crippen MR) is 119 cm³/mol. The van der Waals surface area contributed by atoms with E-state index in [0.717, 1.165) is 11.3 Å². The zero-order valence-corrected chi connectivity index (χ0v) is 17.9. The van der Waals surface area contributed by atoms with Crippen molar-refractivity contribution in [3.63, 3.8) is 0 Å². The Bertz CT molecular complexity index is 1120. The summed E-state index contributed by atoms with van der Waals surface area (Å²) in [5, 5.41) is 19.8. The van der Waals surface area contributed by atoms with E-state index in [1.807, 2.05) is 24.1 Å². The Morgan fingerprint density at radius 1 is 1.26 bits per heavy atom. The minimum absolute atomic E-state index is 0.0262. The van der Waals surface area contributed by atoms with Crippen LogP contribution in [0.1, 0.15) is 0 Å². The number of primary sulfonamides is 1. The van der Waals surface area contributed by atoms with E-state index in [9.17, 15) is 8.42 Å². The average Bonchev–Trinajstić information content (AvgIpc) is 2.76. The molecule has 1 aromatic rings. The Hall–Kier alpha value is -3.15. The van der Waals surface area contributed by atoms with Gasteiger partial charge in [-0.1, -0.05) is 12.1 Å². The molecule has 3 aliphatic heterocycles. The summed E-state index contributed by atoms with van der Waals surface area (Å²) in [6.45, 7) is 3.25. The molecule has 10 nitrogen and oxygen atoms in total. The lowest BCUT2D eigenvalue weighted by Gasteiger charge is -2.33. The highest BCUT2D eigenvalue weighted by Gasteiger charge is 2.22. The van der Waals surface area contributed by atoms with E-state index in [1.165, 1.54) is 12.1 Å². The molecule has 164 valence electrons. The molecule has 0 spiro atoms. The quantitative estimate of drug-likeness (QED) is 0.537. The number of sulfonamides is 1. The fourth-order valence-electron chi connectivity index (χ4n) is 3.40. The van der Waals surface area contributed by atoms with Crippen molar-refractivity contribution in [2.45, 2.75) is 4.90 Å². The lowest BCUT2D eigenvalue weighted by atomic mass is 10.1. The number of nitrogens with two attached hydrogens (primary N) is 1. The van der Waals surface area contributed by atoms with E-state index >= 15 is 0 Å². The molecule has 0 bridgehead atoms. The third-order valence-electron chi connectivity index (χ3n) is 5.11. The summed E-state index contributed by atoms with van der Waals surface area (Å²) in [5.41, 5.74) is 2.43. The van der Waals surface area contributed by atoms with E-state index in [1.54, 1.807) is 18.2 Å². The molecular weight excluding hydrogens is 418 g/mol. The molecule has 1 aromatic carbocycles. The van der Waals surface area contributed by atoms with Crippen molar-refractivity contribution in [2.75, 3.05) is 45.2 Å². The van der Waals surface area contributed by atoms with Gasteiger partial charge in [0.25, 0.3) is 0 Å². The zero-order chi connectivity index (χ0) is 22.0. The number of guanidine groups is 1. The number of nitrogens with one attached hydrogen (secondary N) is 3. The number of rotatable bonds is 3. The van der Waals surface area contributed by atoms with E-state index in [-0.39, 0.29) is 4.90 Å². The van der Waals surface area contributed by atoms with Crippen molar-refractivity contribution < 1.29 is 13.2 Å². The minimum atomic E-state index is -3.81. The van der Waals surface area contributed by atoms with Gasteiger partial charge in [0, 0.05) is 44.1 Å². The Labute approximate surface area is 181 Å². The van der Waals surface area contributed by atoms with Gasteiger partial charge in [0.1, 0.15) is 11.7 Å². The number of aliphatic imine (C=N–C) groups is 1. The molecule has 3 aliphatic rings. The van der Waals surface area contributed by atoms with Gasteiger partial charge in [-0.15, -0.1) is 0 Å². The van der Waals surface area contributed by atoms with Crippen LogP contribution in [0.3, 0.4) is 0 Å². The van der Waals surface area contributed by atoms with Gasteiger partial charge in [-0.05, 0) is 29.8 Å². The van der Waals surface area contributed by atoms with Crippen LogP contribution in [0, 0.1) is 5.41 Å². The third kappa shape index (κ3) is 4.95. The number of ether oxygens (including phenoxy) is 1. The van der Waals surface area contributed by atoms with Crippen LogP contribution in [-0.4, -0.2) is 69.9 Å². The van der Waals surface area contributed by atoms with Crippen molar-refractivity contribution >= 4 is 27.5 Å². The van der Waals surface area contributed by atoms with Crippen molar-refractivity contribution in [3.05, 3.63) is 59.6 Å². The van der Waals surface area contributed by atoms with Gasteiger partial charge in [-0.3, -0.25) is 5.41 Å². The van der Waals surface area contributed by atoms with E-state index in [0.29, 0.717) is 56.2 Å². The van der Waals surface area contributed by atoms with E-state index < -0.39 is 10.0 Å². The molecule has 0 radical (unpaired) electrons. The molecule has 31 heavy (non-hydrogen) atoms. The molecule has 0 atom stereocenters. The Morgan fingerprint density at radius 2 is 2.03 bits per heavy atom. The van der Waals surface area contributed by atoms with Gasteiger partial charge in [-0.25, -0.2) is 13.6 Å². The van der Waals surface area contributed by atoms with Gasteiger partial charge in [0.05, 0.1) is 18.1 Å². The third-order valence-corrected chi connectivity index (χ3v) is 6.02. The monoisotopic (exact) mass is 443 g/mol. The first-order valence-electron chi connectivity index (χ1n) is 9.80. The summed E-state index contributed by atoms with van der Waals surface area (Å²) in [4.78, 5) is 8.69. The van der Waals surface area contributed by atoms with Crippen molar-refractivity contribution in [2.24, 2.45) is 10.1 Å². The highest BCUT2D eigenvalue weighted by molar-refractivity contribution is 7.89. The summed E-state index contributed by atoms with van der Waals surface area (Å²) >= 11 is 0. The largest absolute Gasteiger partial charge is 0.378 e. The number of benzene rings is 1. The number of hydrogen-bond acceptors (Lipinski definition) is 8. The fourth-order valence-corrected chi connectivity index (χ4v) is 3.96. The highest BCUT2D eigenvalue weighted by Crippen LogP contribution is 2.21. The molecule has 11 heteroatoms. The second-order valence-corrected chi connectivity index (χ2v) is 8.96. The van der Waals surface area contributed by atoms with Crippen LogP contribution in [0.2, 0.25) is 0 Å². The topological polar surface area (TPSA) is 136 Å². The number of nitrogens with zero attached hydrogens (tertiary/aromatic N) is 3. The predicted octanol–water partition coefficient (Wildman–Crippen LogP) is 0.612. The van der Waals surface area contributed by atoms with Crippen LogP contribution in [0.4, 0.5) is 5.69 Å². The number of likely N-dealkylation sites (N-methyl/N-ethyl adjacent to an activating group) is 1. The summed E-state index contributed by atoms with van der Waals surface area (Å²) < 4.78 is 28.8. The Kier molecular flexibility index (Phi) is 5.81. The molecule has 1 saturated heterocycles. The molecule has 1 fully saturated rings. The molecule has 3 heterocycles. The minimum Gasteiger partial charge on any atom is -0.378 e. The second-order valence-electron chi connectivity index (χ2n) is 7.40. The van der Waals surface area contributed by atoms with Crippen LogP contribution in [0.25, 0.3) is 0 Å². The Balaban J connectivity index is 1.69. The summed E-state index contributed by atoms with van der Waals surface area (Å²) in [7, 11) is -1.94. The van der Waals surface area contributed by atoms with Crippen molar-refractivity contribution in [1.82, 2.24) is 15.1 Å². The first-order valence-corrected chi connectivity index (χ1v) is 11.4. The van der Waals surface area contributed by atoms with E-state index in [4.69, 9.17) is 20.3 Å². The number of hydrogen-bond donors (Lipinski definition) is 4. The maximum absolute atomic E-state index is 11.7.